The zero-order valence-corrected chi connectivity index (χ0v) is 17.3. The minimum Gasteiger partial charge on any atom is -0.339 e. The SMILES string of the molecule is CC(Cc1nc(C2CNCCN2C)no1)N=C1NS(=O)(=O)c2ccccc21.Cl. The third kappa shape index (κ3) is 4.04. The lowest BCUT2D eigenvalue weighted by Crippen LogP contribution is -2.44. The minimum absolute atomic E-state index is 0. The summed E-state index contributed by atoms with van der Waals surface area (Å²) in [5.41, 5.74) is 0.588. The third-order valence-electron chi connectivity index (χ3n) is 4.78. The number of hydrogen-bond acceptors (Lipinski definition) is 8. The number of likely N-dealkylation sites (N-methyl/N-ethyl adjacent to an activating group) is 1. The molecule has 0 radical (unpaired) electrons. The highest BCUT2D eigenvalue weighted by molar-refractivity contribution is 7.90. The maximum absolute atomic E-state index is 12.2. The molecule has 2 unspecified atom stereocenters. The van der Waals surface area contributed by atoms with Gasteiger partial charge < -0.3 is 9.84 Å². The van der Waals surface area contributed by atoms with Crippen LogP contribution in [-0.4, -0.2) is 62.0 Å². The average Bonchev–Trinajstić information content (AvgIpc) is 3.18. The van der Waals surface area contributed by atoms with Crippen molar-refractivity contribution in [3.05, 3.63) is 41.5 Å². The van der Waals surface area contributed by atoms with Crippen molar-refractivity contribution in [1.29, 1.82) is 0 Å². The third-order valence-corrected chi connectivity index (χ3v) is 6.17. The fraction of sp³-hybridized carbons (Fsp3) is 0.471. The first-order valence-electron chi connectivity index (χ1n) is 8.87. The van der Waals surface area contributed by atoms with E-state index in [2.05, 4.69) is 30.1 Å². The summed E-state index contributed by atoms with van der Waals surface area (Å²) in [5.74, 6) is 1.51. The van der Waals surface area contributed by atoms with Crippen LogP contribution in [0.3, 0.4) is 0 Å². The highest BCUT2D eigenvalue weighted by Gasteiger charge is 2.31. The summed E-state index contributed by atoms with van der Waals surface area (Å²) in [6.45, 7) is 4.55. The number of rotatable bonds is 4. The molecule has 2 aromatic rings. The molecular formula is C17H23ClN6O3S. The maximum Gasteiger partial charge on any atom is 0.263 e. The molecule has 11 heteroatoms. The Bertz CT molecular complexity index is 977. The zero-order valence-electron chi connectivity index (χ0n) is 15.6. The van der Waals surface area contributed by atoms with E-state index in [4.69, 9.17) is 4.52 Å². The lowest BCUT2D eigenvalue weighted by atomic mass is 10.2. The second-order valence-corrected chi connectivity index (χ2v) is 8.53. The van der Waals surface area contributed by atoms with Crippen LogP contribution in [0.4, 0.5) is 0 Å². The van der Waals surface area contributed by atoms with Crippen molar-refractivity contribution in [2.45, 2.75) is 30.3 Å². The summed E-state index contributed by atoms with van der Waals surface area (Å²) in [5, 5.41) is 7.44. The molecule has 9 nitrogen and oxygen atoms in total. The Labute approximate surface area is 170 Å². The van der Waals surface area contributed by atoms with Gasteiger partial charge in [-0.25, -0.2) is 8.42 Å². The van der Waals surface area contributed by atoms with Gasteiger partial charge in [0.1, 0.15) is 5.84 Å². The number of fused-ring (bicyclic) bond motifs is 1. The molecule has 1 aromatic carbocycles. The van der Waals surface area contributed by atoms with Crippen LogP contribution in [0.25, 0.3) is 0 Å². The smallest absolute Gasteiger partial charge is 0.263 e. The van der Waals surface area contributed by atoms with Crippen LogP contribution in [0, 0.1) is 0 Å². The highest BCUT2D eigenvalue weighted by atomic mass is 35.5. The van der Waals surface area contributed by atoms with Gasteiger partial charge in [0.15, 0.2) is 5.82 Å². The standard InChI is InChI=1S/C17H22N6O3S.ClH/c1-11(19-16-12-5-3-4-6-14(12)27(24,25)22-16)9-15-20-17(21-26-15)13-10-18-7-8-23(13)2;/h3-6,11,13,18H,7-10H2,1-2H3,(H,19,22);1H. The van der Waals surface area contributed by atoms with Gasteiger partial charge >= 0.3 is 0 Å². The molecule has 2 aliphatic heterocycles. The second-order valence-electron chi connectivity index (χ2n) is 6.88. The molecule has 2 N–H and O–H groups in total. The van der Waals surface area contributed by atoms with E-state index in [1.165, 1.54) is 0 Å². The Morgan fingerprint density at radius 2 is 2.18 bits per heavy atom. The molecule has 28 heavy (non-hydrogen) atoms. The van der Waals surface area contributed by atoms with Crippen molar-refractivity contribution in [3.8, 4) is 0 Å². The van der Waals surface area contributed by atoms with E-state index in [9.17, 15) is 8.42 Å². The fourth-order valence-electron chi connectivity index (χ4n) is 3.33. The molecule has 0 saturated carbocycles. The summed E-state index contributed by atoms with van der Waals surface area (Å²) in [6.07, 6.45) is 0.435. The molecule has 1 fully saturated rings. The van der Waals surface area contributed by atoms with Gasteiger partial charge in [0.2, 0.25) is 5.89 Å². The predicted molar refractivity (Wildman–Crippen MR) is 106 cm³/mol. The molecule has 0 aliphatic carbocycles. The Hall–Kier alpha value is -2.01. The van der Waals surface area contributed by atoms with E-state index in [-0.39, 0.29) is 29.4 Å². The van der Waals surface area contributed by atoms with Gasteiger partial charge in [0.25, 0.3) is 10.0 Å². The first-order chi connectivity index (χ1) is 12.9. The number of benzene rings is 1. The minimum atomic E-state index is -3.53. The van der Waals surface area contributed by atoms with Crippen LogP contribution in [0.2, 0.25) is 0 Å². The van der Waals surface area contributed by atoms with Crippen molar-refractivity contribution < 1.29 is 12.9 Å². The lowest BCUT2D eigenvalue weighted by Gasteiger charge is -2.30. The number of nitrogens with zero attached hydrogens (tertiary/aromatic N) is 4. The molecule has 152 valence electrons. The van der Waals surface area contributed by atoms with Gasteiger partial charge in [0, 0.05) is 31.6 Å². The molecule has 4 rings (SSSR count). The van der Waals surface area contributed by atoms with Gasteiger partial charge in [-0.15, -0.1) is 12.4 Å². The second kappa shape index (κ2) is 8.16. The van der Waals surface area contributed by atoms with Gasteiger partial charge in [-0.2, -0.15) is 4.98 Å². The fourth-order valence-corrected chi connectivity index (χ4v) is 4.57. The van der Waals surface area contributed by atoms with E-state index in [1.807, 2.05) is 14.0 Å². The van der Waals surface area contributed by atoms with Crippen molar-refractivity contribution in [2.75, 3.05) is 26.7 Å². The Balaban J connectivity index is 0.00000225. The molecule has 1 aromatic heterocycles. The largest absolute Gasteiger partial charge is 0.339 e. The summed E-state index contributed by atoms with van der Waals surface area (Å²) in [6, 6.07) is 6.68. The summed E-state index contributed by atoms with van der Waals surface area (Å²) < 4.78 is 32.2. The number of halogens is 1. The first-order valence-corrected chi connectivity index (χ1v) is 10.4. The molecule has 2 aliphatic rings. The van der Waals surface area contributed by atoms with Crippen molar-refractivity contribution in [2.24, 2.45) is 4.99 Å². The maximum atomic E-state index is 12.2. The number of piperazine rings is 1. The molecule has 0 spiro atoms. The van der Waals surface area contributed by atoms with Gasteiger partial charge in [-0.05, 0) is 26.1 Å². The van der Waals surface area contributed by atoms with Crippen LogP contribution >= 0.6 is 12.4 Å². The van der Waals surface area contributed by atoms with E-state index in [1.54, 1.807) is 24.3 Å². The quantitative estimate of drug-likeness (QED) is 0.741. The van der Waals surface area contributed by atoms with Crippen LogP contribution in [0.1, 0.15) is 30.2 Å². The van der Waals surface area contributed by atoms with Crippen LogP contribution in [0.5, 0.6) is 0 Å². The number of aromatic nitrogens is 2. The van der Waals surface area contributed by atoms with Crippen molar-refractivity contribution in [1.82, 2.24) is 25.1 Å². The number of nitrogens with one attached hydrogen (secondary N) is 2. The summed E-state index contributed by atoms with van der Waals surface area (Å²) in [4.78, 5) is 11.5. The summed E-state index contributed by atoms with van der Waals surface area (Å²) >= 11 is 0. The molecular weight excluding hydrogens is 404 g/mol. The average molecular weight is 427 g/mol. The van der Waals surface area contributed by atoms with Crippen LogP contribution in [0.15, 0.2) is 38.7 Å². The van der Waals surface area contributed by atoms with E-state index in [0.29, 0.717) is 29.5 Å². The van der Waals surface area contributed by atoms with Gasteiger partial charge in [-0.1, -0.05) is 17.3 Å². The molecule has 0 amide bonds. The Kier molecular flexibility index (Phi) is 6.04. The van der Waals surface area contributed by atoms with Crippen molar-refractivity contribution >= 4 is 28.3 Å². The van der Waals surface area contributed by atoms with E-state index >= 15 is 0 Å². The molecule has 0 bridgehead atoms. The normalized spacial score (nSPS) is 23.6. The number of aliphatic imine (C=N–C) groups is 1. The van der Waals surface area contributed by atoms with Crippen LogP contribution < -0.4 is 10.0 Å². The Morgan fingerprint density at radius 3 is 2.96 bits per heavy atom. The van der Waals surface area contributed by atoms with Gasteiger partial charge in [0.05, 0.1) is 17.0 Å². The number of amidine groups is 1. The molecule has 1 saturated heterocycles. The van der Waals surface area contributed by atoms with E-state index in [0.717, 1.165) is 19.6 Å². The monoisotopic (exact) mass is 426 g/mol. The van der Waals surface area contributed by atoms with Crippen molar-refractivity contribution in [3.63, 3.8) is 0 Å². The highest BCUT2D eigenvalue weighted by Crippen LogP contribution is 2.23. The molecule has 3 heterocycles. The molecule has 2 atom stereocenters. The van der Waals surface area contributed by atoms with E-state index < -0.39 is 10.0 Å². The zero-order chi connectivity index (χ0) is 19.0. The topological polar surface area (TPSA) is 113 Å². The summed E-state index contributed by atoms with van der Waals surface area (Å²) in [7, 11) is -1.49. The lowest BCUT2D eigenvalue weighted by molar-refractivity contribution is 0.190. The Morgan fingerprint density at radius 1 is 1.39 bits per heavy atom. The van der Waals surface area contributed by atoms with Crippen LogP contribution in [-0.2, 0) is 16.4 Å². The van der Waals surface area contributed by atoms with Gasteiger partial charge in [-0.3, -0.25) is 14.6 Å². The number of sulfonamides is 1. The number of hydrogen-bond donors (Lipinski definition) is 2. The predicted octanol–water partition coefficient (Wildman–Crippen LogP) is 0.737. The first kappa shape index (κ1) is 20.7.